The standard InChI is InChI=1S/C38H29Cl2N5O/c1-22-9-8-18-45-35(25-14-16-26(39)17-15-25)28-19-27(40)20-30-32(28)33(36(45)31(22)24-12-6-3-7-13-24)34(42-30)38(46)43-37-29(21-41-44-37)23-10-4-2-5-11-23/h2-8,10-22,35,42H,9H2,1H3,(H2,41,43,44,46). The van der Waals surface area contributed by atoms with Gasteiger partial charge in [-0.25, -0.2) is 0 Å². The predicted molar refractivity (Wildman–Crippen MR) is 187 cm³/mol. The lowest BCUT2D eigenvalue weighted by atomic mass is 9.82. The van der Waals surface area contributed by atoms with E-state index in [0.717, 1.165) is 56.4 Å². The molecule has 8 rings (SSSR count). The molecular formula is C38H29Cl2N5O. The Morgan fingerprint density at radius 2 is 1.63 bits per heavy atom. The third-order valence-corrected chi connectivity index (χ3v) is 9.40. The third-order valence-electron chi connectivity index (χ3n) is 8.92. The smallest absolute Gasteiger partial charge is 0.273 e. The van der Waals surface area contributed by atoms with Gasteiger partial charge in [0.05, 0.1) is 17.9 Å². The zero-order valence-corrected chi connectivity index (χ0v) is 26.4. The molecule has 6 nitrogen and oxygen atoms in total. The number of amides is 1. The van der Waals surface area contributed by atoms with Crippen molar-refractivity contribution >= 4 is 57.1 Å². The molecule has 2 unspecified atom stereocenters. The molecule has 0 saturated heterocycles. The van der Waals surface area contributed by atoms with Crippen LogP contribution in [0.2, 0.25) is 10.0 Å². The molecule has 4 heterocycles. The highest BCUT2D eigenvalue weighted by atomic mass is 35.5. The number of H-pyrrole nitrogens is 2. The Labute approximate surface area is 276 Å². The number of nitrogens with zero attached hydrogens (tertiary/aromatic N) is 2. The minimum absolute atomic E-state index is 0.177. The molecule has 1 amide bonds. The number of anilines is 1. The fraction of sp³-hybridized carbons (Fsp3) is 0.105. The second kappa shape index (κ2) is 11.4. The largest absolute Gasteiger partial charge is 0.350 e. The van der Waals surface area contributed by atoms with Gasteiger partial charge in [0, 0.05) is 38.3 Å². The van der Waals surface area contributed by atoms with Crippen LogP contribution < -0.4 is 5.32 Å². The SMILES string of the molecule is CC1CC=CN2C(=C1c1ccccc1)c1c(C(=O)Nc3[nH]ncc3-c3ccccc3)[nH]c3cc(Cl)cc(c13)C2c1ccc(Cl)cc1. The van der Waals surface area contributed by atoms with Crippen LogP contribution in [-0.4, -0.2) is 26.0 Å². The highest BCUT2D eigenvalue weighted by molar-refractivity contribution is 6.32. The van der Waals surface area contributed by atoms with Crippen molar-refractivity contribution in [3.63, 3.8) is 0 Å². The van der Waals surface area contributed by atoms with Crippen LogP contribution in [0.5, 0.6) is 0 Å². The van der Waals surface area contributed by atoms with Crippen LogP contribution in [0.25, 0.3) is 33.3 Å². The summed E-state index contributed by atoms with van der Waals surface area (Å²) < 4.78 is 0. The first-order valence-corrected chi connectivity index (χ1v) is 16.0. The summed E-state index contributed by atoms with van der Waals surface area (Å²) in [4.78, 5) is 20.2. The first-order chi connectivity index (χ1) is 22.5. The van der Waals surface area contributed by atoms with E-state index in [1.54, 1.807) is 6.20 Å². The molecule has 0 aliphatic carbocycles. The molecule has 6 aromatic rings. The third kappa shape index (κ3) is 4.73. The van der Waals surface area contributed by atoms with Gasteiger partial charge in [-0.3, -0.25) is 9.89 Å². The van der Waals surface area contributed by atoms with Gasteiger partial charge >= 0.3 is 0 Å². The average Bonchev–Trinajstić information content (AvgIpc) is 3.64. The van der Waals surface area contributed by atoms with Crippen molar-refractivity contribution in [1.82, 2.24) is 20.1 Å². The first-order valence-electron chi connectivity index (χ1n) is 15.2. The summed E-state index contributed by atoms with van der Waals surface area (Å²) >= 11 is 13.2. The van der Waals surface area contributed by atoms with Gasteiger partial charge in [-0.05, 0) is 64.4 Å². The van der Waals surface area contributed by atoms with Gasteiger partial charge in [0.2, 0.25) is 0 Å². The number of hydrogen-bond donors (Lipinski definition) is 3. The Bertz CT molecular complexity index is 2160. The number of rotatable bonds is 5. The number of halogens is 2. The summed E-state index contributed by atoms with van der Waals surface area (Å²) in [6.45, 7) is 2.25. The van der Waals surface area contributed by atoms with E-state index < -0.39 is 0 Å². The zero-order valence-electron chi connectivity index (χ0n) is 24.9. The quantitative estimate of drug-likeness (QED) is 0.175. The van der Waals surface area contributed by atoms with E-state index in [-0.39, 0.29) is 17.9 Å². The number of hydrogen-bond acceptors (Lipinski definition) is 3. The minimum atomic E-state index is -0.277. The average molecular weight is 643 g/mol. The lowest BCUT2D eigenvalue weighted by Gasteiger charge is -2.39. The van der Waals surface area contributed by atoms with E-state index in [0.29, 0.717) is 21.6 Å². The Balaban J connectivity index is 1.40. The van der Waals surface area contributed by atoms with Crippen molar-refractivity contribution in [1.29, 1.82) is 0 Å². The van der Waals surface area contributed by atoms with Crippen LogP contribution in [0, 0.1) is 5.92 Å². The van der Waals surface area contributed by atoms with Crippen molar-refractivity contribution in [3.8, 4) is 11.1 Å². The molecular weight excluding hydrogens is 613 g/mol. The molecule has 3 N–H and O–H groups in total. The predicted octanol–water partition coefficient (Wildman–Crippen LogP) is 9.94. The van der Waals surface area contributed by atoms with Gasteiger partial charge in [0.25, 0.3) is 5.91 Å². The summed E-state index contributed by atoms with van der Waals surface area (Å²) in [5, 5.41) is 12.6. The first kappa shape index (κ1) is 28.4. The number of aromatic amines is 2. The molecule has 2 atom stereocenters. The molecule has 0 fully saturated rings. The van der Waals surface area contributed by atoms with Crippen molar-refractivity contribution in [3.05, 3.63) is 154 Å². The Morgan fingerprint density at radius 3 is 2.37 bits per heavy atom. The molecule has 0 radical (unpaired) electrons. The van der Waals surface area contributed by atoms with Gasteiger partial charge in [-0.1, -0.05) is 109 Å². The maximum atomic E-state index is 14.4. The van der Waals surface area contributed by atoms with Gasteiger partial charge < -0.3 is 15.2 Å². The molecule has 4 aromatic carbocycles. The normalized spacial score (nSPS) is 17.2. The number of allylic oxidation sites excluding steroid dienone is 2. The van der Waals surface area contributed by atoms with Crippen LogP contribution in [0.1, 0.15) is 52.1 Å². The van der Waals surface area contributed by atoms with Gasteiger partial charge in [0.1, 0.15) is 11.5 Å². The van der Waals surface area contributed by atoms with E-state index >= 15 is 0 Å². The van der Waals surface area contributed by atoms with E-state index in [1.807, 2.05) is 60.7 Å². The maximum absolute atomic E-state index is 14.4. The van der Waals surface area contributed by atoms with E-state index in [9.17, 15) is 4.79 Å². The van der Waals surface area contributed by atoms with Gasteiger partial charge in [0.15, 0.2) is 0 Å². The molecule has 46 heavy (non-hydrogen) atoms. The van der Waals surface area contributed by atoms with Crippen LogP contribution in [0.4, 0.5) is 5.82 Å². The number of aromatic nitrogens is 3. The van der Waals surface area contributed by atoms with Crippen LogP contribution in [-0.2, 0) is 0 Å². The highest BCUT2D eigenvalue weighted by Crippen LogP contribution is 2.52. The molecule has 2 aliphatic heterocycles. The molecule has 8 heteroatoms. The zero-order chi connectivity index (χ0) is 31.4. The second-order valence-corrected chi connectivity index (χ2v) is 12.7. The van der Waals surface area contributed by atoms with Crippen molar-refractivity contribution in [2.24, 2.45) is 5.92 Å². The Kier molecular flexibility index (Phi) is 7.04. The summed E-state index contributed by atoms with van der Waals surface area (Å²) in [6, 6.07) is 32.0. The van der Waals surface area contributed by atoms with Crippen molar-refractivity contribution in [2.45, 2.75) is 19.4 Å². The summed E-state index contributed by atoms with van der Waals surface area (Å²) in [6.07, 6.45) is 6.95. The van der Waals surface area contributed by atoms with E-state index in [4.69, 9.17) is 23.2 Å². The number of nitrogens with one attached hydrogen (secondary N) is 3. The molecule has 2 aliphatic rings. The van der Waals surface area contributed by atoms with E-state index in [1.165, 1.54) is 5.57 Å². The Hall–Kier alpha value is -5.04. The van der Waals surface area contributed by atoms with Gasteiger partial charge in [-0.15, -0.1) is 0 Å². The molecule has 0 spiro atoms. The van der Waals surface area contributed by atoms with Crippen molar-refractivity contribution in [2.75, 3.05) is 5.32 Å². The van der Waals surface area contributed by atoms with E-state index in [2.05, 4.69) is 81.0 Å². The number of fused-ring (bicyclic) bond motifs is 2. The molecule has 226 valence electrons. The van der Waals surface area contributed by atoms with Crippen LogP contribution in [0.3, 0.4) is 0 Å². The molecule has 0 bridgehead atoms. The number of carbonyl (C=O) groups is 1. The fourth-order valence-electron chi connectivity index (χ4n) is 6.94. The second-order valence-electron chi connectivity index (χ2n) is 11.8. The summed E-state index contributed by atoms with van der Waals surface area (Å²) in [7, 11) is 0. The topological polar surface area (TPSA) is 76.8 Å². The number of carbonyl (C=O) groups excluding carboxylic acids is 1. The van der Waals surface area contributed by atoms with Crippen LogP contribution >= 0.6 is 23.2 Å². The number of benzene rings is 4. The minimum Gasteiger partial charge on any atom is -0.350 e. The lowest BCUT2D eigenvalue weighted by Crippen LogP contribution is -2.29. The summed E-state index contributed by atoms with van der Waals surface area (Å²) in [5.74, 6) is 0.426. The highest BCUT2D eigenvalue weighted by Gasteiger charge is 2.39. The monoisotopic (exact) mass is 641 g/mol. The lowest BCUT2D eigenvalue weighted by molar-refractivity contribution is 0.102. The maximum Gasteiger partial charge on any atom is 0.273 e. The Morgan fingerprint density at radius 1 is 0.913 bits per heavy atom. The molecule has 2 aromatic heterocycles. The summed E-state index contributed by atoms with van der Waals surface area (Å²) in [5.41, 5.74) is 9.23. The van der Waals surface area contributed by atoms with Gasteiger partial charge in [-0.2, -0.15) is 5.10 Å². The van der Waals surface area contributed by atoms with Crippen LogP contribution in [0.15, 0.2) is 116 Å². The molecule has 0 saturated carbocycles. The fourth-order valence-corrected chi connectivity index (χ4v) is 7.29. The van der Waals surface area contributed by atoms with Crippen molar-refractivity contribution < 1.29 is 4.79 Å².